The molecule has 0 aliphatic heterocycles. The fourth-order valence-corrected chi connectivity index (χ4v) is 2.67. The number of nitrogens with two attached hydrogens (primary N) is 1. The van der Waals surface area contributed by atoms with Crippen LogP contribution in [0.3, 0.4) is 0 Å². The van der Waals surface area contributed by atoms with Crippen LogP contribution in [-0.2, 0) is 13.1 Å². The third-order valence-electron chi connectivity index (χ3n) is 2.73. The fourth-order valence-electron chi connectivity index (χ4n) is 1.91. The standard InChI is InChI=1S/C13H16BrClN4/c1-8(2)7-19-12(6-16)17-18-13(19)10-4-3-9(14)5-11(10)15/h3-5,8H,6-7,16H2,1-2H3. The van der Waals surface area contributed by atoms with E-state index in [0.717, 1.165) is 28.2 Å². The fraction of sp³-hybridized carbons (Fsp3) is 0.385. The second-order valence-corrected chi connectivity index (χ2v) is 6.10. The second-order valence-electron chi connectivity index (χ2n) is 4.77. The normalized spacial score (nSPS) is 11.3. The maximum Gasteiger partial charge on any atom is 0.165 e. The van der Waals surface area contributed by atoms with Crippen molar-refractivity contribution in [1.82, 2.24) is 14.8 Å². The van der Waals surface area contributed by atoms with Crippen LogP contribution in [0.25, 0.3) is 11.4 Å². The van der Waals surface area contributed by atoms with E-state index >= 15 is 0 Å². The molecule has 0 saturated heterocycles. The topological polar surface area (TPSA) is 56.7 Å². The average Bonchev–Trinajstić information content (AvgIpc) is 2.71. The minimum absolute atomic E-state index is 0.369. The number of hydrogen-bond donors (Lipinski definition) is 1. The zero-order valence-electron chi connectivity index (χ0n) is 10.9. The summed E-state index contributed by atoms with van der Waals surface area (Å²) in [5.41, 5.74) is 6.59. The first-order chi connectivity index (χ1) is 9.02. The summed E-state index contributed by atoms with van der Waals surface area (Å²) in [5.74, 6) is 2.03. The van der Waals surface area contributed by atoms with Crippen LogP contribution in [0.2, 0.25) is 5.02 Å². The van der Waals surface area contributed by atoms with Gasteiger partial charge in [-0.2, -0.15) is 0 Å². The minimum Gasteiger partial charge on any atom is -0.324 e. The van der Waals surface area contributed by atoms with Crippen molar-refractivity contribution in [2.45, 2.75) is 26.9 Å². The molecule has 0 radical (unpaired) electrons. The third-order valence-corrected chi connectivity index (χ3v) is 3.54. The molecule has 0 fully saturated rings. The molecule has 0 spiro atoms. The van der Waals surface area contributed by atoms with Crippen LogP contribution in [0.1, 0.15) is 19.7 Å². The molecule has 0 saturated carbocycles. The molecule has 2 aromatic rings. The SMILES string of the molecule is CC(C)Cn1c(CN)nnc1-c1ccc(Br)cc1Cl. The van der Waals surface area contributed by atoms with Crippen molar-refractivity contribution in [1.29, 1.82) is 0 Å². The van der Waals surface area contributed by atoms with Crippen molar-refractivity contribution in [2.75, 3.05) is 0 Å². The number of benzene rings is 1. The van der Waals surface area contributed by atoms with Crippen molar-refractivity contribution in [3.05, 3.63) is 33.5 Å². The van der Waals surface area contributed by atoms with Gasteiger partial charge in [0.1, 0.15) is 5.82 Å². The van der Waals surface area contributed by atoms with Crippen LogP contribution in [0.5, 0.6) is 0 Å². The number of aromatic nitrogens is 3. The zero-order chi connectivity index (χ0) is 14.0. The lowest BCUT2D eigenvalue weighted by molar-refractivity contribution is 0.510. The molecule has 0 aliphatic carbocycles. The molecule has 2 N–H and O–H groups in total. The van der Waals surface area contributed by atoms with Gasteiger partial charge in [-0.1, -0.05) is 41.4 Å². The number of hydrogen-bond acceptors (Lipinski definition) is 3. The first-order valence-electron chi connectivity index (χ1n) is 6.10. The zero-order valence-corrected chi connectivity index (χ0v) is 13.2. The summed E-state index contributed by atoms with van der Waals surface area (Å²) < 4.78 is 2.98. The van der Waals surface area contributed by atoms with Gasteiger partial charge in [0.15, 0.2) is 5.82 Å². The van der Waals surface area contributed by atoms with Crippen molar-refractivity contribution in [3.8, 4) is 11.4 Å². The van der Waals surface area contributed by atoms with E-state index in [2.05, 4.69) is 40.0 Å². The number of nitrogens with zero attached hydrogens (tertiary/aromatic N) is 3. The molecule has 102 valence electrons. The van der Waals surface area contributed by atoms with E-state index in [1.807, 2.05) is 22.8 Å². The first-order valence-corrected chi connectivity index (χ1v) is 7.27. The van der Waals surface area contributed by atoms with Crippen LogP contribution >= 0.6 is 27.5 Å². The van der Waals surface area contributed by atoms with E-state index in [0.29, 0.717) is 17.5 Å². The van der Waals surface area contributed by atoms with Crippen LogP contribution in [-0.4, -0.2) is 14.8 Å². The molecule has 0 aliphatic rings. The lowest BCUT2D eigenvalue weighted by atomic mass is 10.2. The van der Waals surface area contributed by atoms with E-state index in [1.165, 1.54) is 0 Å². The molecule has 1 heterocycles. The Hall–Kier alpha value is -0.910. The van der Waals surface area contributed by atoms with Gasteiger partial charge < -0.3 is 10.3 Å². The van der Waals surface area contributed by atoms with E-state index < -0.39 is 0 Å². The quantitative estimate of drug-likeness (QED) is 0.924. The van der Waals surface area contributed by atoms with Crippen molar-refractivity contribution in [3.63, 3.8) is 0 Å². The van der Waals surface area contributed by atoms with Gasteiger partial charge >= 0.3 is 0 Å². The highest BCUT2D eigenvalue weighted by atomic mass is 79.9. The van der Waals surface area contributed by atoms with Gasteiger partial charge in [-0.05, 0) is 24.1 Å². The third kappa shape index (κ3) is 3.16. The van der Waals surface area contributed by atoms with Gasteiger partial charge in [0.05, 0.1) is 11.6 Å². The molecular weight excluding hydrogens is 328 g/mol. The Balaban J connectivity index is 2.52. The molecule has 0 amide bonds. The predicted molar refractivity (Wildman–Crippen MR) is 80.9 cm³/mol. The molecule has 0 unspecified atom stereocenters. The van der Waals surface area contributed by atoms with Crippen LogP contribution < -0.4 is 5.73 Å². The summed E-state index contributed by atoms with van der Waals surface area (Å²) in [6.07, 6.45) is 0. The van der Waals surface area contributed by atoms with Gasteiger partial charge in [0.2, 0.25) is 0 Å². The summed E-state index contributed by atoms with van der Waals surface area (Å²) in [6.45, 7) is 5.48. The van der Waals surface area contributed by atoms with Crippen LogP contribution in [0.15, 0.2) is 22.7 Å². The summed E-state index contributed by atoms with van der Waals surface area (Å²) in [7, 11) is 0. The first kappa shape index (κ1) is 14.5. The monoisotopic (exact) mass is 342 g/mol. The molecule has 2 rings (SSSR count). The molecule has 4 nitrogen and oxygen atoms in total. The number of rotatable bonds is 4. The van der Waals surface area contributed by atoms with E-state index in [9.17, 15) is 0 Å². The highest BCUT2D eigenvalue weighted by molar-refractivity contribution is 9.10. The predicted octanol–water partition coefficient (Wildman–Crippen LogP) is 3.48. The van der Waals surface area contributed by atoms with E-state index in [4.69, 9.17) is 17.3 Å². The largest absolute Gasteiger partial charge is 0.324 e. The van der Waals surface area contributed by atoms with Crippen LogP contribution in [0, 0.1) is 5.92 Å². The van der Waals surface area contributed by atoms with Crippen molar-refractivity contribution < 1.29 is 0 Å². The lowest BCUT2D eigenvalue weighted by Crippen LogP contribution is -2.13. The van der Waals surface area contributed by atoms with Crippen molar-refractivity contribution in [2.24, 2.45) is 11.7 Å². The summed E-state index contributed by atoms with van der Waals surface area (Å²) >= 11 is 9.68. The highest BCUT2D eigenvalue weighted by Gasteiger charge is 2.16. The summed E-state index contributed by atoms with van der Waals surface area (Å²) in [6, 6.07) is 5.73. The number of halogens is 2. The van der Waals surface area contributed by atoms with Gasteiger partial charge in [-0.15, -0.1) is 10.2 Å². The summed E-state index contributed by atoms with van der Waals surface area (Å²) in [4.78, 5) is 0. The van der Waals surface area contributed by atoms with Gasteiger partial charge in [-0.3, -0.25) is 0 Å². The van der Waals surface area contributed by atoms with E-state index in [-0.39, 0.29) is 0 Å². The second kappa shape index (κ2) is 6.03. The molecule has 1 aromatic carbocycles. The molecule has 0 bridgehead atoms. The maximum absolute atomic E-state index is 6.28. The Bertz CT molecular complexity index is 580. The van der Waals surface area contributed by atoms with Gasteiger partial charge in [0.25, 0.3) is 0 Å². The molecule has 1 aromatic heterocycles. The smallest absolute Gasteiger partial charge is 0.165 e. The van der Waals surface area contributed by atoms with Gasteiger partial charge in [0, 0.05) is 16.6 Å². The Morgan fingerprint density at radius 1 is 1.37 bits per heavy atom. The Morgan fingerprint density at radius 2 is 2.11 bits per heavy atom. The minimum atomic E-state index is 0.369. The molecule has 0 atom stereocenters. The Kier molecular flexibility index (Phi) is 4.60. The average molecular weight is 344 g/mol. The van der Waals surface area contributed by atoms with E-state index in [1.54, 1.807) is 0 Å². The summed E-state index contributed by atoms with van der Waals surface area (Å²) in [5, 5.41) is 9.03. The lowest BCUT2D eigenvalue weighted by Gasteiger charge is -2.12. The van der Waals surface area contributed by atoms with Gasteiger partial charge in [-0.25, -0.2) is 0 Å². The Labute approximate surface area is 126 Å². The van der Waals surface area contributed by atoms with Crippen molar-refractivity contribution >= 4 is 27.5 Å². The Morgan fingerprint density at radius 3 is 2.68 bits per heavy atom. The maximum atomic E-state index is 6.28. The van der Waals surface area contributed by atoms with Crippen LogP contribution in [0.4, 0.5) is 0 Å². The molecule has 19 heavy (non-hydrogen) atoms. The highest BCUT2D eigenvalue weighted by Crippen LogP contribution is 2.30. The molecule has 6 heteroatoms. The molecular formula is C13H16BrClN4.